The Hall–Kier alpha value is -3.88. The highest BCUT2D eigenvalue weighted by molar-refractivity contribution is 5.89. The van der Waals surface area contributed by atoms with Gasteiger partial charge in [-0.15, -0.1) is 5.10 Å². The lowest BCUT2D eigenvalue weighted by molar-refractivity contribution is 0.0600. The third kappa shape index (κ3) is 3.63. The molecule has 0 unspecified atom stereocenters. The van der Waals surface area contributed by atoms with E-state index in [1.807, 2.05) is 43.5 Å². The van der Waals surface area contributed by atoms with E-state index in [1.54, 1.807) is 16.6 Å². The summed E-state index contributed by atoms with van der Waals surface area (Å²) in [5.74, 6) is 1.44. The van der Waals surface area contributed by atoms with Crippen molar-refractivity contribution in [2.45, 2.75) is 13.5 Å². The van der Waals surface area contributed by atoms with E-state index in [9.17, 15) is 4.79 Å². The summed E-state index contributed by atoms with van der Waals surface area (Å²) in [6, 6.07) is 12.9. The quantitative estimate of drug-likeness (QED) is 0.443. The third-order valence-corrected chi connectivity index (χ3v) is 4.17. The van der Waals surface area contributed by atoms with Crippen LogP contribution >= 0.6 is 0 Å². The number of nitrogens with zero attached hydrogens (tertiary/aromatic N) is 4. The molecule has 28 heavy (non-hydrogen) atoms. The Kier molecular flexibility index (Phi) is 4.63. The Labute approximate surface area is 160 Å². The van der Waals surface area contributed by atoms with E-state index in [4.69, 9.17) is 4.74 Å². The van der Waals surface area contributed by atoms with E-state index < -0.39 is 0 Å². The van der Waals surface area contributed by atoms with Crippen molar-refractivity contribution in [2.75, 3.05) is 17.7 Å². The molecule has 9 heteroatoms. The standard InChI is InChI=1S/C19H19N7O2/c1-12-10-16(24-23-12)21-17-15-4-3-9-26(15)25-19(22-17)20-11-13-5-7-14(8-6-13)18(27)28-2/h3-10H,11H2,1-2H3,(H3,20,21,22,23,24,25). The first-order valence-corrected chi connectivity index (χ1v) is 8.68. The third-order valence-electron chi connectivity index (χ3n) is 4.17. The number of esters is 1. The SMILES string of the molecule is COC(=O)c1ccc(CNc2nc(Nc3cc(C)[nH]n3)c3cccn3n2)cc1. The van der Waals surface area contributed by atoms with Crippen LogP contribution in [0.4, 0.5) is 17.6 Å². The maximum atomic E-state index is 11.5. The van der Waals surface area contributed by atoms with Gasteiger partial charge in [0.1, 0.15) is 5.52 Å². The number of aromatic amines is 1. The van der Waals surface area contributed by atoms with Crippen molar-refractivity contribution in [3.8, 4) is 0 Å². The van der Waals surface area contributed by atoms with Gasteiger partial charge in [0, 0.05) is 24.5 Å². The van der Waals surface area contributed by atoms with Gasteiger partial charge < -0.3 is 15.4 Å². The number of H-pyrrole nitrogens is 1. The molecule has 0 amide bonds. The maximum absolute atomic E-state index is 11.5. The van der Waals surface area contributed by atoms with Gasteiger partial charge >= 0.3 is 5.97 Å². The first kappa shape index (κ1) is 17.5. The molecule has 0 bridgehead atoms. The van der Waals surface area contributed by atoms with Gasteiger partial charge in [-0.25, -0.2) is 9.31 Å². The van der Waals surface area contributed by atoms with Gasteiger partial charge in [-0.3, -0.25) is 5.10 Å². The molecule has 142 valence electrons. The Morgan fingerprint density at radius 2 is 2.07 bits per heavy atom. The van der Waals surface area contributed by atoms with Crippen molar-refractivity contribution in [2.24, 2.45) is 0 Å². The van der Waals surface area contributed by atoms with Gasteiger partial charge in [0.05, 0.1) is 12.7 Å². The molecule has 0 radical (unpaired) electrons. The Morgan fingerprint density at radius 3 is 2.79 bits per heavy atom. The van der Waals surface area contributed by atoms with Crippen LogP contribution in [0.25, 0.3) is 5.52 Å². The number of hydrogen-bond acceptors (Lipinski definition) is 7. The minimum Gasteiger partial charge on any atom is -0.465 e. The summed E-state index contributed by atoms with van der Waals surface area (Å²) in [7, 11) is 1.36. The zero-order chi connectivity index (χ0) is 19.5. The minimum absolute atomic E-state index is 0.356. The summed E-state index contributed by atoms with van der Waals surface area (Å²) in [4.78, 5) is 16.1. The van der Waals surface area contributed by atoms with Crippen LogP contribution in [0.2, 0.25) is 0 Å². The van der Waals surface area contributed by atoms with E-state index in [-0.39, 0.29) is 5.97 Å². The van der Waals surface area contributed by atoms with E-state index in [0.29, 0.717) is 29.7 Å². The number of methoxy groups -OCH3 is 1. The summed E-state index contributed by atoms with van der Waals surface area (Å²) >= 11 is 0. The first-order valence-electron chi connectivity index (χ1n) is 8.68. The highest BCUT2D eigenvalue weighted by Crippen LogP contribution is 2.20. The predicted molar refractivity (Wildman–Crippen MR) is 105 cm³/mol. The second-order valence-corrected chi connectivity index (χ2v) is 6.23. The summed E-state index contributed by atoms with van der Waals surface area (Å²) in [6.07, 6.45) is 1.86. The van der Waals surface area contributed by atoms with Crippen LogP contribution in [0.3, 0.4) is 0 Å². The molecule has 0 aliphatic heterocycles. The normalized spacial score (nSPS) is 10.8. The fraction of sp³-hybridized carbons (Fsp3) is 0.158. The number of fused-ring (bicyclic) bond motifs is 1. The highest BCUT2D eigenvalue weighted by Gasteiger charge is 2.10. The van der Waals surface area contributed by atoms with Gasteiger partial charge in [-0.05, 0) is 36.8 Å². The second-order valence-electron chi connectivity index (χ2n) is 6.23. The molecule has 3 heterocycles. The first-order chi connectivity index (χ1) is 13.6. The van der Waals surface area contributed by atoms with Crippen molar-refractivity contribution in [3.05, 3.63) is 65.5 Å². The molecule has 1 aromatic carbocycles. The molecule has 4 rings (SSSR count). The lowest BCUT2D eigenvalue weighted by Crippen LogP contribution is -2.09. The number of aryl methyl sites for hydroxylation is 1. The number of carbonyl (C=O) groups excluding carboxylic acids is 1. The molecule has 0 spiro atoms. The van der Waals surface area contributed by atoms with Crippen LogP contribution in [0, 0.1) is 6.92 Å². The average molecular weight is 377 g/mol. The fourth-order valence-corrected chi connectivity index (χ4v) is 2.76. The second kappa shape index (κ2) is 7.39. The molecule has 0 saturated heterocycles. The number of aromatic nitrogens is 5. The highest BCUT2D eigenvalue weighted by atomic mass is 16.5. The Morgan fingerprint density at radius 1 is 1.25 bits per heavy atom. The molecule has 0 aliphatic rings. The molecule has 0 atom stereocenters. The van der Waals surface area contributed by atoms with Crippen LogP contribution in [0.1, 0.15) is 21.6 Å². The number of nitrogens with one attached hydrogen (secondary N) is 3. The minimum atomic E-state index is -0.356. The molecule has 9 nitrogen and oxygen atoms in total. The topological polar surface area (TPSA) is 109 Å². The molecular weight excluding hydrogens is 358 g/mol. The van der Waals surface area contributed by atoms with Crippen molar-refractivity contribution in [1.29, 1.82) is 0 Å². The van der Waals surface area contributed by atoms with Gasteiger partial charge in [-0.2, -0.15) is 10.1 Å². The molecule has 4 aromatic rings. The van der Waals surface area contributed by atoms with Gasteiger partial charge in [0.25, 0.3) is 0 Å². The van der Waals surface area contributed by atoms with Crippen LogP contribution in [0.5, 0.6) is 0 Å². The average Bonchev–Trinajstić information content (AvgIpc) is 3.35. The largest absolute Gasteiger partial charge is 0.465 e. The lowest BCUT2D eigenvalue weighted by Gasteiger charge is -2.10. The monoisotopic (exact) mass is 377 g/mol. The van der Waals surface area contributed by atoms with Crippen molar-refractivity contribution in [3.63, 3.8) is 0 Å². The van der Waals surface area contributed by atoms with Crippen molar-refractivity contribution < 1.29 is 9.53 Å². The number of rotatable bonds is 6. The number of benzene rings is 1. The Balaban J connectivity index is 1.53. The summed E-state index contributed by atoms with van der Waals surface area (Å²) in [5, 5.41) is 18.0. The zero-order valence-electron chi connectivity index (χ0n) is 15.4. The summed E-state index contributed by atoms with van der Waals surface area (Å²) in [6.45, 7) is 2.44. The number of anilines is 3. The summed E-state index contributed by atoms with van der Waals surface area (Å²) < 4.78 is 6.46. The number of ether oxygens (including phenoxy) is 1. The number of hydrogen-bond donors (Lipinski definition) is 3. The fourth-order valence-electron chi connectivity index (χ4n) is 2.76. The molecule has 0 fully saturated rings. The summed E-state index contributed by atoms with van der Waals surface area (Å²) in [5.41, 5.74) is 3.30. The van der Waals surface area contributed by atoms with Crippen LogP contribution in [0.15, 0.2) is 48.7 Å². The van der Waals surface area contributed by atoms with Crippen LogP contribution < -0.4 is 10.6 Å². The number of carbonyl (C=O) groups is 1. The lowest BCUT2D eigenvalue weighted by atomic mass is 10.1. The van der Waals surface area contributed by atoms with E-state index >= 15 is 0 Å². The van der Waals surface area contributed by atoms with Gasteiger partial charge in [-0.1, -0.05) is 12.1 Å². The predicted octanol–water partition coefficient (Wildman–Crippen LogP) is 2.90. The molecule has 3 N–H and O–H groups in total. The van der Waals surface area contributed by atoms with Crippen LogP contribution in [-0.4, -0.2) is 37.9 Å². The van der Waals surface area contributed by atoms with Crippen molar-refractivity contribution in [1.82, 2.24) is 24.8 Å². The zero-order valence-corrected chi connectivity index (χ0v) is 15.4. The smallest absolute Gasteiger partial charge is 0.337 e. The molecule has 3 aromatic heterocycles. The Bertz CT molecular complexity index is 1110. The van der Waals surface area contributed by atoms with Crippen molar-refractivity contribution >= 4 is 29.1 Å². The van der Waals surface area contributed by atoms with Crippen LogP contribution in [-0.2, 0) is 11.3 Å². The maximum Gasteiger partial charge on any atom is 0.337 e. The molecular formula is C19H19N7O2. The van der Waals surface area contributed by atoms with Gasteiger partial charge in [0.15, 0.2) is 11.6 Å². The molecule has 0 aliphatic carbocycles. The van der Waals surface area contributed by atoms with E-state index in [1.165, 1.54) is 7.11 Å². The van der Waals surface area contributed by atoms with E-state index in [0.717, 1.165) is 16.8 Å². The van der Waals surface area contributed by atoms with Gasteiger partial charge in [0.2, 0.25) is 5.95 Å². The molecule has 0 saturated carbocycles. The van der Waals surface area contributed by atoms with E-state index in [2.05, 4.69) is 30.9 Å².